The van der Waals surface area contributed by atoms with Crippen LogP contribution < -0.4 is 0 Å². The number of hydrogen-bond donors (Lipinski definition) is 6. The molecule has 190 valence electrons. The average Bonchev–Trinajstić information content (AvgIpc) is 2.71. The Kier molecular flexibility index (Phi) is 8.45. The third kappa shape index (κ3) is 5.38. The molecule has 1 aliphatic heterocycles. The Balaban J connectivity index is 1.97. The van der Waals surface area contributed by atoms with E-state index in [-0.39, 0.29) is 31.2 Å². The van der Waals surface area contributed by atoms with E-state index in [1.165, 1.54) is 0 Å². The van der Waals surface area contributed by atoms with E-state index in [4.69, 9.17) is 9.47 Å². The number of hydrogen-bond acceptors (Lipinski definition) is 8. The summed E-state index contributed by atoms with van der Waals surface area (Å²) < 4.78 is 11.8. The molecular weight excluding hydrogens is 428 g/mol. The molecule has 8 atom stereocenters. The van der Waals surface area contributed by atoms with Gasteiger partial charge in [0.25, 0.3) is 0 Å². The molecule has 2 aliphatic carbocycles. The van der Waals surface area contributed by atoms with Gasteiger partial charge >= 0.3 is 0 Å². The van der Waals surface area contributed by atoms with Crippen molar-refractivity contribution in [2.45, 2.75) is 96.6 Å². The van der Waals surface area contributed by atoms with E-state index in [1.807, 2.05) is 6.92 Å². The van der Waals surface area contributed by atoms with Crippen LogP contribution >= 0.6 is 0 Å². The normalized spacial score (nSPS) is 41.8. The van der Waals surface area contributed by atoms with Gasteiger partial charge in [-0.3, -0.25) is 0 Å². The van der Waals surface area contributed by atoms with Gasteiger partial charge in [0.05, 0.1) is 32.0 Å². The molecule has 8 nitrogen and oxygen atoms in total. The van der Waals surface area contributed by atoms with Crippen molar-refractivity contribution in [2.75, 3.05) is 19.8 Å². The largest absolute Gasteiger partial charge is 0.393 e. The van der Waals surface area contributed by atoms with Crippen LogP contribution in [0, 0.1) is 16.7 Å². The standard InChI is InChI=1S/C25H42O8/c1-14(7-8-26)5-6-17-15(12-27)9-19(33-23-21(31)20(30)18(29)13-32-23)22-24(2,3)10-16(28)11-25(17,22)4/h7,16,18-23,26-31H,5-6,8-13H2,1-4H3. The average molecular weight is 471 g/mol. The van der Waals surface area contributed by atoms with Crippen molar-refractivity contribution >= 4 is 0 Å². The molecule has 33 heavy (non-hydrogen) atoms. The molecule has 0 bridgehead atoms. The van der Waals surface area contributed by atoms with E-state index in [0.29, 0.717) is 25.7 Å². The topological polar surface area (TPSA) is 140 Å². The number of rotatable bonds is 7. The van der Waals surface area contributed by atoms with Crippen molar-refractivity contribution < 1.29 is 40.1 Å². The molecular formula is C25H42O8. The number of fused-ring (bicyclic) bond motifs is 1. The summed E-state index contributed by atoms with van der Waals surface area (Å²) in [6.45, 7) is 8.06. The van der Waals surface area contributed by atoms with Gasteiger partial charge in [0, 0.05) is 0 Å². The van der Waals surface area contributed by atoms with E-state index < -0.39 is 42.2 Å². The number of aliphatic hydroxyl groups is 6. The van der Waals surface area contributed by atoms with Crippen LogP contribution in [-0.2, 0) is 9.47 Å². The highest BCUT2D eigenvalue weighted by Gasteiger charge is 2.57. The van der Waals surface area contributed by atoms with E-state index in [0.717, 1.165) is 23.1 Å². The molecule has 1 saturated heterocycles. The summed E-state index contributed by atoms with van der Waals surface area (Å²) in [6, 6.07) is 0. The molecule has 0 amide bonds. The van der Waals surface area contributed by atoms with Crippen molar-refractivity contribution in [3.05, 3.63) is 22.8 Å². The predicted molar refractivity (Wildman–Crippen MR) is 122 cm³/mol. The minimum absolute atomic E-state index is 0.0104. The fourth-order valence-corrected chi connectivity index (χ4v) is 6.80. The molecule has 0 aromatic rings. The summed E-state index contributed by atoms with van der Waals surface area (Å²) in [7, 11) is 0. The van der Waals surface area contributed by atoms with Gasteiger partial charge in [-0.2, -0.15) is 0 Å². The van der Waals surface area contributed by atoms with Crippen LogP contribution in [0.5, 0.6) is 0 Å². The Morgan fingerprint density at radius 3 is 2.42 bits per heavy atom. The second-order valence-electron chi connectivity index (χ2n) is 11.0. The number of allylic oxidation sites excluding steroid dienone is 2. The first-order chi connectivity index (χ1) is 15.4. The second-order valence-corrected chi connectivity index (χ2v) is 11.0. The maximum atomic E-state index is 10.8. The Hall–Kier alpha value is -0.840. The van der Waals surface area contributed by atoms with Gasteiger partial charge in [-0.05, 0) is 61.3 Å². The molecule has 0 aromatic carbocycles. The highest BCUT2D eigenvalue weighted by molar-refractivity contribution is 5.32. The molecule has 8 heteroatoms. The lowest BCUT2D eigenvalue weighted by Crippen LogP contribution is -2.59. The molecule has 0 aromatic heterocycles. The minimum atomic E-state index is -1.38. The summed E-state index contributed by atoms with van der Waals surface area (Å²) >= 11 is 0. The molecule has 8 unspecified atom stereocenters. The van der Waals surface area contributed by atoms with E-state index >= 15 is 0 Å². The van der Waals surface area contributed by atoms with Crippen LogP contribution in [0.4, 0.5) is 0 Å². The Labute approximate surface area is 196 Å². The van der Waals surface area contributed by atoms with Gasteiger partial charge in [-0.1, -0.05) is 38.0 Å². The molecule has 1 heterocycles. The smallest absolute Gasteiger partial charge is 0.186 e. The van der Waals surface area contributed by atoms with E-state index in [9.17, 15) is 30.6 Å². The van der Waals surface area contributed by atoms with Crippen LogP contribution in [0.2, 0.25) is 0 Å². The zero-order valence-corrected chi connectivity index (χ0v) is 20.3. The van der Waals surface area contributed by atoms with E-state index in [1.54, 1.807) is 6.08 Å². The van der Waals surface area contributed by atoms with Crippen LogP contribution in [0.15, 0.2) is 22.8 Å². The summed E-state index contributed by atoms with van der Waals surface area (Å²) in [6.07, 6.45) is -1.04. The lowest BCUT2D eigenvalue weighted by atomic mass is 9.48. The number of aliphatic hydroxyl groups excluding tert-OH is 6. The van der Waals surface area contributed by atoms with Gasteiger partial charge < -0.3 is 40.1 Å². The maximum Gasteiger partial charge on any atom is 0.186 e. The van der Waals surface area contributed by atoms with Crippen LogP contribution in [-0.4, -0.2) is 87.3 Å². The second kappa shape index (κ2) is 10.4. The summed E-state index contributed by atoms with van der Waals surface area (Å²) in [5.41, 5.74) is 2.33. The Morgan fingerprint density at radius 2 is 1.79 bits per heavy atom. The predicted octanol–water partition coefficient (Wildman–Crippen LogP) is 1.03. The van der Waals surface area contributed by atoms with Crippen LogP contribution in [0.3, 0.4) is 0 Å². The minimum Gasteiger partial charge on any atom is -0.393 e. The molecule has 1 saturated carbocycles. The van der Waals surface area contributed by atoms with Gasteiger partial charge in [-0.15, -0.1) is 0 Å². The van der Waals surface area contributed by atoms with E-state index in [2.05, 4.69) is 20.8 Å². The zero-order valence-electron chi connectivity index (χ0n) is 20.3. The van der Waals surface area contributed by atoms with Crippen molar-refractivity contribution in [1.82, 2.24) is 0 Å². The van der Waals surface area contributed by atoms with Crippen LogP contribution in [0.1, 0.15) is 59.8 Å². The number of ether oxygens (including phenoxy) is 2. The van der Waals surface area contributed by atoms with Crippen molar-refractivity contribution in [1.29, 1.82) is 0 Å². The summed E-state index contributed by atoms with van der Waals surface area (Å²) in [4.78, 5) is 0. The highest BCUT2D eigenvalue weighted by atomic mass is 16.7. The molecule has 6 N–H and O–H groups in total. The molecule has 3 aliphatic rings. The van der Waals surface area contributed by atoms with Crippen LogP contribution in [0.25, 0.3) is 0 Å². The monoisotopic (exact) mass is 470 g/mol. The third-order valence-electron chi connectivity index (χ3n) is 8.05. The quantitative estimate of drug-likeness (QED) is 0.303. The fraction of sp³-hybridized carbons (Fsp3) is 0.840. The van der Waals surface area contributed by atoms with Gasteiger partial charge in [0.2, 0.25) is 0 Å². The Bertz CT molecular complexity index is 747. The lowest BCUT2D eigenvalue weighted by Gasteiger charge is -2.59. The molecule has 0 spiro atoms. The van der Waals surface area contributed by atoms with Gasteiger partial charge in [0.15, 0.2) is 6.29 Å². The fourth-order valence-electron chi connectivity index (χ4n) is 6.80. The van der Waals surface area contributed by atoms with Gasteiger partial charge in [-0.25, -0.2) is 0 Å². The Morgan fingerprint density at radius 1 is 1.09 bits per heavy atom. The van der Waals surface area contributed by atoms with Crippen molar-refractivity contribution in [3.63, 3.8) is 0 Å². The SMILES string of the molecule is CC(=CCO)CCC1=C(CO)CC(OC2OCC(O)C(O)C2O)C2C(C)(C)CC(O)CC12C. The van der Waals surface area contributed by atoms with Crippen molar-refractivity contribution in [2.24, 2.45) is 16.7 Å². The lowest BCUT2D eigenvalue weighted by molar-refractivity contribution is -0.297. The first kappa shape index (κ1) is 26.8. The van der Waals surface area contributed by atoms with Crippen molar-refractivity contribution in [3.8, 4) is 0 Å². The zero-order chi connectivity index (χ0) is 24.6. The first-order valence-electron chi connectivity index (χ1n) is 12.0. The summed E-state index contributed by atoms with van der Waals surface area (Å²) in [5, 5.41) is 60.7. The first-order valence-corrected chi connectivity index (χ1v) is 12.0. The van der Waals surface area contributed by atoms with Gasteiger partial charge in [0.1, 0.15) is 18.3 Å². The highest BCUT2D eigenvalue weighted by Crippen LogP contribution is 2.61. The molecule has 0 radical (unpaired) electrons. The molecule has 3 rings (SSSR count). The molecule has 2 fully saturated rings. The summed E-state index contributed by atoms with van der Waals surface area (Å²) in [5.74, 6) is -0.0272. The maximum absolute atomic E-state index is 10.8. The third-order valence-corrected chi connectivity index (χ3v) is 8.05.